The van der Waals surface area contributed by atoms with E-state index < -0.39 is 0 Å². The zero-order chi connectivity index (χ0) is 11.5. The van der Waals surface area contributed by atoms with Crippen LogP contribution in [0.15, 0.2) is 24.3 Å². The van der Waals surface area contributed by atoms with E-state index >= 15 is 0 Å². The normalized spacial score (nSPS) is 19.7. The van der Waals surface area contributed by atoms with Gasteiger partial charge in [0.15, 0.2) is 0 Å². The summed E-state index contributed by atoms with van der Waals surface area (Å²) in [5.41, 5.74) is 2.28. The molecule has 1 atom stereocenters. The van der Waals surface area contributed by atoms with Crippen molar-refractivity contribution in [1.82, 2.24) is 10.2 Å². The van der Waals surface area contributed by atoms with Gasteiger partial charge in [-0.2, -0.15) is 0 Å². The van der Waals surface area contributed by atoms with Crippen LogP contribution >= 0.6 is 0 Å². The maximum Gasteiger partial charge on any atom is 0.407 e. The average molecular weight is 220 g/mol. The fourth-order valence-corrected chi connectivity index (χ4v) is 1.83. The topological polar surface area (TPSA) is 41.6 Å². The molecule has 1 aromatic rings. The summed E-state index contributed by atoms with van der Waals surface area (Å²) in [7, 11) is 4.06. The summed E-state index contributed by atoms with van der Waals surface area (Å²) < 4.78 is 5.14. The van der Waals surface area contributed by atoms with E-state index in [4.69, 9.17) is 4.74 Å². The Morgan fingerprint density at radius 3 is 2.94 bits per heavy atom. The third-order valence-electron chi connectivity index (χ3n) is 2.50. The van der Waals surface area contributed by atoms with Crippen molar-refractivity contribution < 1.29 is 9.53 Å². The van der Waals surface area contributed by atoms with Gasteiger partial charge in [-0.1, -0.05) is 24.3 Å². The minimum atomic E-state index is -0.331. The van der Waals surface area contributed by atoms with Crippen LogP contribution in [0, 0.1) is 0 Å². The third-order valence-corrected chi connectivity index (χ3v) is 2.50. The smallest absolute Gasteiger partial charge is 0.407 e. The first-order chi connectivity index (χ1) is 7.65. The first kappa shape index (κ1) is 11.0. The number of hydrogen-bond donors (Lipinski definition) is 1. The van der Waals surface area contributed by atoms with Crippen molar-refractivity contribution in [2.45, 2.75) is 12.6 Å². The molecular weight excluding hydrogens is 204 g/mol. The van der Waals surface area contributed by atoms with Gasteiger partial charge in [0, 0.05) is 6.54 Å². The highest BCUT2D eigenvalue weighted by atomic mass is 16.6. The van der Waals surface area contributed by atoms with Gasteiger partial charge in [-0.05, 0) is 25.2 Å². The zero-order valence-corrected chi connectivity index (χ0v) is 9.56. The Hall–Kier alpha value is -1.55. The molecule has 4 heteroatoms. The maximum absolute atomic E-state index is 10.9. The minimum absolute atomic E-state index is 0.144. The van der Waals surface area contributed by atoms with E-state index in [2.05, 4.69) is 22.3 Å². The Bertz CT molecular complexity index is 390. The Morgan fingerprint density at radius 2 is 2.31 bits per heavy atom. The van der Waals surface area contributed by atoms with Gasteiger partial charge in [0.05, 0.1) is 6.54 Å². The van der Waals surface area contributed by atoms with Crippen LogP contribution in [0.25, 0.3) is 0 Å². The number of nitrogens with one attached hydrogen (secondary N) is 1. The van der Waals surface area contributed by atoms with Gasteiger partial charge in [-0.15, -0.1) is 0 Å². The lowest BCUT2D eigenvalue weighted by Gasteiger charge is -2.13. The predicted molar refractivity (Wildman–Crippen MR) is 61.1 cm³/mol. The monoisotopic (exact) mass is 220 g/mol. The number of nitrogens with zero attached hydrogens (tertiary/aromatic N) is 1. The van der Waals surface area contributed by atoms with Crippen molar-refractivity contribution in [3.63, 3.8) is 0 Å². The number of hydrogen-bond acceptors (Lipinski definition) is 3. The molecule has 1 aliphatic heterocycles. The molecule has 1 aromatic carbocycles. The number of carbonyl (C=O) groups is 1. The van der Waals surface area contributed by atoms with Gasteiger partial charge in [-0.25, -0.2) is 4.79 Å². The number of amides is 1. The predicted octanol–water partition coefficient (Wildman–Crippen LogP) is 1.53. The van der Waals surface area contributed by atoms with E-state index in [1.807, 2.05) is 26.2 Å². The molecule has 16 heavy (non-hydrogen) atoms. The SMILES string of the molecule is CN(C)Cc1cccc(C2CNC(=O)O2)c1. The van der Waals surface area contributed by atoms with Crippen LogP contribution < -0.4 is 5.32 Å². The second-order valence-corrected chi connectivity index (χ2v) is 4.26. The summed E-state index contributed by atoms with van der Waals surface area (Å²) in [4.78, 5) is 13.1. The van der Waals surface area contributed by atoms with E-state index in [1.165, 1.54) is 5.56 Å². The van der Waals surface area contributed by atoms with Crippen LogP contribution in [0.1, 0.15) is 17.2 Å². The fraction of sp³-hybridized carbons (Fsp3) is 0.417. The quantitative estimate of drug-likeness (QED) is 0.840. The molecule has 1 amide bonds. The van der Waals surface area contributed by atoms with Crippen LogP contribution in [0.4, 0.5) is 4.79 Å². The molecule has 0 spiro atoms. The molecule has 0 aliphatic carbocycles. The van der Waals surface area contributed by atoms with Crippen molar-refractivity contribution in [3.05, 3.63) is 35.4 Å². The lowest BCUT2D eigenvalue weighted by molar-refractivity contribution is 0.141. The number of ether oxygens (including phenoxy) is 1. The molecule has 86 valence electrons. The molecule has 2 rings (SSSR count). The number of rotatable bonds is 3. The van der Waals surface area contributed by atoms with Crippen molar-refractivity contribution in [1.29, 1.82) is 0 Å². The first-order valence-corrected chi connectivity index (χ1v) is 5.33. The molecule has 0 bridgehead atoms. The van der Waals surface area contributed by atoms with Crippen LogP contribution in [-0.2, 0) is 11.3 Å². The van der Waals surface area contributed by atoms with Gasteiger partial charge >= 0.3 is 6.09 Å². The molecule has 1 unspecified atom stereocenters. The Kier molecular flexibility index (Phi) is 3.10. The van der Waals surface area contributed by atoms with Gasteiger partial charge < -0.3 is 15.0 Å². The van der Waals surface area contributed by atoms with Gasteiger partial charge in [-0.3, -0.25) is 0 Å². The van der Waals surface area contributed by atoms with Gasteiger partial charge in [0.25, 0.3) is 0 Å². The molecule has 0 saturated carbocycles. The highest BCUT2D eigenvalue weighted by Gasteiger charge is 2.23. The fourth-order valence-electron chi connectivity index (χ4n) is 1.83. The van der Waals surface area contributed by atoms with Crippen LogP contribution in [0.2, 0.25) is 0 Å². The highest BCUT2D eigenvalue weighted by Crippen LogP contribution is 2.21. The second kappa shape index (κ2) is 4.53. The molecule has 1 saturated heterocycles. The summed E-state index contributed by atoms with van der Waals surface area (Å²) in [5.74, 6) is 0. The highest BCUT2D eigenvalue weighted by molar-refractivity contribution is 5.69. The van der Waals surface area contributed by atoms with Gasteiger partial charge in [0.1, 0.15) is 6.10 Å². The maximum atomic E-state index is 10.9. The second-order valence-electron chi connectivity index (χ2n) is 4.26. The summed E-state index contributed by atoms with van der Waals surface area (Å²) in [6.45, 7) is 1.45. The number of benzene rings is 1. The molecule has 1 fully saturated rings. The van der Waals surface area contributed by atoms with Crippen molar-refractivity contribution >= 4 is 6.09 Å². The molecule has 1 heterocycles. The van der Waals surface area contributed by atoms with Crippen LogP contribution in [0.3, 0.4) is 0 Å². The molecule has 4 nitrogen and oxygen atoms in total. The minimum Gasteiger partial charge on any atom is -0.439 e. The summed E-state index contributed by atoms with van der Waals surface area (Å²) in [5, 5.41) is 2.66. The first-order valence-electron chi connectivity index (χ1n) is 5.33. The molecule has 0 aromatic heterocycles. The number of cyclic esters (lactones) is 1. The number of carbonyl (C=O) groups excluding carboxylic acids is 1. The Balaban J connectivity index is 2.12. The van der Waals surface area contributed by atoms with Crippen molar-refractivity contribution in [2.24, 2.45) is 0 Å². The summed E-state index contributed by atoms with van der Waals surface area (Å²) in [6, 6.07) is 8.16. The van der Waals surface area contributed by atoms with E-state index in [1.54, 1.807) is 0 Å². The lowest BCUT2D eigenvalue weighted by Crippen LogP contribution is -2.13. The van der Waals surface area contributed by atoms with Crippen LogP contribution in [-0.4, -0.2) is 31.6 Å². The van der Waals surface area contributed by atoms with Crippen molar-refractivity contribution in [3.8, 4) is 0 Å². The standard InChI is InChI=1S/C12H16N2O2/c1-14(2)8-9-4-3-5-10(6-9)11-7-13-12(15)16-11/h3-6,11H,7-8H2,1-2H3,(H,13,15). The average Bonchev–Trinajstić information content (AvgIpc) is 2.64. The summed E-state index contributed by atoms with van der Waals surface area (Å²) in [6.07, 6.45) is -0.474. The lowest BCUT2D eigenvalue weighted by atomic mass is 10.1. The third kappa shape index (κ3) is 2.52. The molecular formula is C12H16N2O2. The van der Waals surface area contributed by atoms with E-state index in [0.29, 0.717) is 6.54 Å². The largest absolute Gasteiger partial charge is 0.439 e. The van der Waals surface area contributed by atoms with E-state index in [0.717, 1.165) is 12.1 Å². The Labute approximate surface area is 95.2 Å². The van der Waals surface area contributed by atoms with E-state index in [-0.39, 0.29) is 12.2 Å². The zero-order valence-electron chi connectivity index (χ0n) is 9.56. The van der Waals surface area contributed by atoms with Crippen LogP contribution in [0.5, 0.6) is 0 Å². The van der Waals surface area contributed by atoms with Gasteiger partial charge in [0.2, 0.25) is 0 Å². The van der Waals surface area contributed by atoms with E-state index in [9.17, 15) is 4.79 Å². The molecule has 1 N–H and O–H groups in total. The Morgan fingerprint density at radius 1 is 1.50 bits per heavy atom. The van der Waals surface area contributed by atoms with Crippen molar-refractivity contribution in [2.75, 3.05) is 20.6 Å². The summed E-state index contributed by atoms with van der Waals surface area (Å²) >= 11 is 0. The molecule has 0 radical (unpaired) electrons. The number of alkyl carbamates (subject to hydrolysis) is 1. The molecule has 1 aliphatic rings.